The van der Waals surface area contributed by atoms with Crippen molar-refractivity contribution < 1.29 is 49.0 Å². The normalized spacial score (nSPS) is 11.7. The molecule has 0 nitrogen and oxygen atoms in total. The molecule has 0 amide bonds. The van der Waals surface area contributed by atoms with E-state index in [2.05, 4.69) is 113 Å². The first kappa shape index (κ1) is 27.9. The average molecular weight is 503 g/mol. The maximum Gasteiger partial charge on any atom is -0.0809 e. The number of allylic oxidation sites excluding steroid dienone is 4. The van der Waals surface area contributed by atoms with Gasteiger partial charge >= 0.3 is 70.3 Å². The second-order valence-corrected chi connectivity index (χ2v) is 9.45. The third-order valence-corrected chi connectivity index (χ3v) is 5.03. The van der Waals surface area contributed by atoms with Crippen molar-refractivity contribution in [3.05, 3.63) is 102 Å². The largest absolute Gasteiger partial charge is 1.00 e. The molecule has 29 heavy (non-hydrogen) atoms. The van der Waals surface area contributed by atoms with Crippen molar-refractivity contribution in [3.63, 3.8) is 0 Å². The summed E-state index contributed by atoms with van der Waals surface area (Å²) in [5, 5.41) is 2.66. The maximum absolute atomic E-state index is 3.16. The molecular weight excluding hydrogens is 474 g/mol. The molecule has 0 radical (unpaired) electrons. The van der Waals surface area contributed by atoms with Crippen molar-refractivity contribution in [2.24, 2.45) is 5.41 Å². The second kappa shape index (κ2) is 14.0. The van der Waals surface area contributed by atoms with Crippen LogP contribution in [0.15, 0.2) is 90.5 Å². The summed E-state index contributed by atoms with van der Waals surface area (Å²) in [7, 11) is 0. The van der Waals surface area contributed by atoms with Gasteiger partial charge in [-0.25, -0.2) is 6.08 Å². The van der Waals surface area contributed by atoms with Crippen LogP contribution < -0.4 is 24.8 Å². The van der Waals surface area contributed by atoms with Crippen LogP contribution in [0.25, 0.3) is 10.8 Å². The van der Waals surface area contributed by atoms with E-state index in [0.717, 1.165) is 6.42 Å². The molecule has 4 rings (SSSR count). The average Bonchev–Trinajstić information content (AvgIpc) is 3.35. The van der Waals surface area contributed by atoms with Crippen molar-refractivity contribution in [2.75, 3.05) is 0 Å². The first-order valence-electron chi connectivity index (χ1n) is 9.36. The Labute approximate surface area is 203 Å². The Balaban J connectivity index is 0.000000392. The van der Waals surface area contributed by atoms with Crippen LogP contribution in [0, 0.1) is 11.5 Å². The first-order valence-corrected chi connectivity index (χ1v) is 10.6. The van der Waals surface area contributed by atoms with E-state index in [4.69, 9.17) is 0 Å². The monoisotopic (exact) mass is 500 g/mol. The van der Waals surface area contributed by atoms with Crippen LogP contribution in [0.1, 0.15) is 39.7 Å². The minimum absolute atomic E-state index is 0. The van der Waals surface area contributed by atoms with E-state index < -0.39 is 0 Å². The summed E-state index contributed by atoms with van der Waals surface area (Å²) in [5.74, 6) is 0. The Morgan fingerprint density at radius 1 is 0.931 bits per heavy atom. The van der Waals surface area contributed by atoms with E-state index >= 15 is 0 Å². The molecule has 0 spiro atoms. The van der Waals surface area contributed by atoms with Gasteiger partial charge in [0.1, 0.15) is 0 Å². The smallest absolute Gasteiger partial charge is 0.0809 e. The van der Waals surface area contributed by atoms with Crippen molar-refractivity contribution >= 4 is 14.0 Å². The molecule has 1 aliphatic rings. The summed E-state index contributed by atoms with van der Waals surface area (Å²) in [4.78, 5) is 0. The number of halogens is 2. The van der Waals surface area contributed by atoms with Crippen LogP contribution in [0.5, 0.6) is 0 Å². The van der Waals surface area contributed by atoms with Gasteiger partial charge in [-0.2, -0.15) is 29.2 Å². The fourth-order valence-corrected chi connectivity index (χ4v) is 3.09. The zero-order valence-electron chi connectivity index (χ0n) is 17.5. The zero-order chi connectivity index (χ0) is 19.7. The number of rotatable bonds is 1. The van der Waals surface area contributed by atoms with Crippen LogP contribution in [0.2, 0.25) is 0 Å². The maximum atomic E-state index is 3.16. The standard InChI is InChI=1S/C9H7.C9H13.C8H8.2ClH.Zr/c1-2-5-9-7-3-6-8(9)4-1;1-9(2,3)8-6-4-5-7-8;1-2-8-6-4-3-5-7-8;;;/h1-7H;6-7H,4H2,1-3H3;3-7H,1H3;2*1H;/q2*-1;;;;+2/p-2. The van der Waals surface area contributed by atoms with Crippen LogP contribution in [0.4, 0.5) is 0 Å². The van der Waals surface area contributed by atoms with Gasteiger partial charge < -0.3 is 24.8 Å². The Morgan fingerprint density at radius 3 is 2.00 bits per heavy atom. The zero-order valence-corrected chi connectivity index (χ0v) is 21.5. The van der Waals surface area contributed by atoms with E-state index in [0.29, 0.717) is 5.41 Å². The summed E-state index contributed by atoms with van der Waals surface area (Å²) in [6.45, 7) is 8.83. The van der Waals surface area contributed by atoms with E-state index in [-0.39, 0.29) is 24.8 Å². The summed E-state index contributed by atoms with van der Waals surface area (Å²) < 4.78 is 1.46. The van der Waals surface area contributed by atoms with Crippen molar-refractivity contribution in [3.8, 4) is 0 Å². The number of hydrogen-bond acceptors (Lipinski definition) is 0. The molecule has 0 atom stereocenters. The van der Waals surface area contributed by atoms with E-state index in [9.17, 15) is 0 Å². The third-order valence-electron chi connectivity index (χ3n) is 4.32. The van der Waals surface area contributed by atoms with E-state index in [1.165, 1.54) is 49.4 Å². The predicted octanol–water partition coefficient (Wildman–Crippen LogP) is 1.06. The fourth-order valence-electron chi connectivity index (χ4n) is 2.68. The van der Waals surface area contributed by atoms with E-state index in [1.807, 2.05) is 6.07 Å². The van der Waals surface area contributed by atoms with Crippen molar-refractivity contribution in [1.29, 1.82) is 0 Å². The Bertz CT molecular complexity index is 882. The van der Waals surface area contributed by atoms with Gasteiger partial charge in [-0.1, -0.05) is 32.3 Å². The molecular formula is C26H28Cl2Zr-2. The molecule has 3 aromatic rings. The number of hydrogen-bond donors (Lipinski definition) is 0. The molecule has 0 N–H and O–H groups in total. The van der Waals surface area contributed by atoms with Gasteiger partial charge in [0.05, 0.1) is 0 Å². The van der Waals surface area contributed by atoms with Gasteiger partial charge in [0, 0.05) is 0 Å². The fraction of sp³-hybridized carbons (Fsp3) is 0.231. The molecule has 0 saturated carbocycles. The first-order chi connectivity index (χ1) is 12.9. The van der Waals surface area contributed by atoms with Gasteiger partial charge in [-0.05, 0) is 0 Å². The molecule has 3 heteroatoms. The molecule has 152 valence electrons. The van der Waals surface area contributed by atoms with Gasteiger partial charge in [-0.15, -0.1) is 36.1 Å². The van der Waals surface area contributed by atoms with Gasteiger partial charge in [-0.3, -0.25) is 6.08 Å². The minimum atomic E-state index is 0. The minimum Gasteiger partial charge on any atom is -1.00 e. The van der Waals surface area contributed by atoms with Crippen molar-refractivity contribution in [2.45, 2.75) is 34.1 Å². The molecule has 3 aromatic carbocycles. The number of benzene rings is 2. The Hall–Kier alpha value is -1.14. The van der Waals surface area contributed by atoms with Gasteiger partial charge in [0.25, 0.3) is 0 Å². The molecule has 0 unspecified atom stereocenters. The quantitative estimate of drug-likeness (QED) is 0.437. The molecule has 0 fully saturated rings. The molecule has 0 aliphatic heterocycles. The summed E-state index contributed by atoms with van der Waals surface area (Å²) in [6.07, 6.45) is 8.50. The SMILES string of the molecule is CC(C)(C)C1=CC[C-]=C1.C[C](=[Zr+2])c1ccccc1.[Cl-].[Cl-].c1ccc2[cH-]ccc2c1. The topological polar surface area (TPSA) is 0 Å². The van der Waals surface area contributed by atoms with Crippen LogP contribution in [0.3, 0.4) is 0 Å². The van der Waals surface area contributed by atoms with Crippen LogP contribution in [-0.4, -0.2) is 3.21 Å². The van der Waals surface area contributed by atoms with E-state index in [1.54, 1.807) is 0 Å². The summed E-state index contributed by atoms with van der Waals surface area (Å²) in [5.41, 5.74) is 3.11. The summed E-state index contributed by atoms with van der Waals surface area (Å²) >= 11 is 1.51. The van der Waals surface area contributed by atoms with Crippen LogP contribution >= 0.6 is 0 Å². The second-order valence-electron chi connectivity index (χ2n) is 7.61. The van der Waals surface area contributed by atoms with Gasteiger partial charge in [0.15, 0.2) is 0 Å². The molecule has 0 bridgehead atoms. The molecule has 0 saturated heterocycles. The Kier molecular flexibility index (Phi) is 13.4. The molecule has 0 aromatic heterocycles. The van der Waals surface area contributed by atoms with Crippen LogP contribution in [-0.2, 0) is 24.2 Å². The summed E-state index contributed by atoms with van der Waals surface area (Å²) in [6, 6.07) is 25.1. The molecule has 0 heterocycles. The number of fused-ring (bicyclic) bond motifs is 1. The molecule has 1 aliphatic carbocycles. The Morgan fingerprint density at radius 2 is 1.55 bits per heavy atom. The third kappa shape index (κ3) is 9.94. The van der Waals surface area contributed by atoms with Crippen molar-refractivity contribution in [1.82, 2.24) is 0 Å². The van der Waals surface area contributed by atoms with Gasteiger partial charge in [0.2, 0.25) is 0 Å². The predicted molar refractivity (Wildman–Crippen MR) is 116 cm³/mol.